The van der Waals surface area contributed by atoms with Gasteiger partial charge in [0.25, 0.3) is 0 Å². The Balaban J connectivity index is 1.67. The van der Waals surface area contributed by atoms with Gasteiger partial charge < -0.3 is 4.98 Å². The number of aromatic nitrogens is 5. The second kappa shape index (κ2) is 4.71. The van der Waals surface area contributed by atoms with Gasteiger partial charge in [0.1, 0.15) is 12.0 Å². The molecular formula is C14H11N5OS. The fourth-order valence-corrected chi connectivity index (χ4v) is 3.23. The number of nitrogens with one attached hydrogen (secondary N) is 2. The molecule has 0 unspecified atom stereocenters. The lowest BCUT2D eigenvalue weighted by atomic mass is 10.2. The van der Waals surface area contributed by atoms with Crippen LogP contribution in [0.5, 0.6) is 0 Å². The molecule has 0 saturated heterocycles. The number of rotatable bonds is 3. The predicted molar refractivity (Wildman–Crippen MR) is 81.4 cm³/mol. The van der Waals surface area contributed by atoms with E-state index in [9.17, 15) is 4.79 Å². The molecule has 4 aromatic rings. The van der Waals surface area contributed by atoms with Crippen molar-refractivity contribution in [1.82, 2.24) is 24.7 Å². The molecule has 21 heavy (non-hydrogen) atoms. The first kappa shape index (κ1) is 12.1. The van der Waals surface area contributed by atoms with E-state index in [4.69, 9.17) is 0 Å². The highest BCUT2D eigenvalue weighted by Gasteiger charge is 2.07. The van der Waals surface area contributed by atoms with Gasteiger partial charge in [0.15, 0.2) is 0 Å². The normalized spacial score (nSPS) is 11.2. The van der Waals surface area contributed by atoms with Gasteiger partial charge in [-0.05, 0) is 24.3 Å². The monoisotopic (exact) mass is 297 g/mol. The van der Waals surface area contributed by atoms with Crippen LogP contribution in [0.2, 0.25) is 0 Å². The van der Waals surface area contributed by atoms with Gasteiger partial charge in [-0.1, -0.05) is 0 Å². The van der Waals surface area contributed by atoms with Crippen LogP contribution in [0.25, 0.3) is 21.5 Å². The molecule has 7 heteroatoms. The molecule has 4 rings (SSSR count). The van der Waals surface area contributed by atoms with E-state index in [1.54, 1.807) is 15.9 Å². The predicted octanol–water partition coefficient (Wildman–Crippen LogP) is 2.22. The van der Waals surface area contributed by atoms with E-state index in [0.717, 1.165) is 26.4 Å². The number of thiophene rings is 1. The molecule has 4 aromatic heterocycles. The molecule has 6 nitrogen and oxygen atoms in total. The van der Waals surface area contributed by atoms with Crippen molar-refractivity contribution in [1.29, 1.82) is 0 Å². The molecule has 0 aliphatic rings. The van der Waals surface area contributed by atoms with Crippen molar-refractivity contribution < 1.29 is 0 Å². The average Bonchev–Trinajstić information content (AvgIpc) is 3.20. The SMILES string of the molecule is O=c1[nH]ncn1Cc1ccc(-c2cnc3[nH]ccc3c2)s1. The van der Waals surface area contributed by atoms with E-state index < -0.39 is 0 Å². The summed E-state index contributed by atoms with van der Waals surface area (Å²) < 4.78 is 1.54. The first-order valence-electron chi connectivity index (χ1n) is 6.41. The Hall–Kier alpha value is -2.67. The molecule has 0 aromatic carbocycles. The maximum Gasteiger partial charge on any atom is 0.343 e. The van der Waals surface area contributed by atoms with Crippen molar-refractivity contribution in [3.05, 3.63) is 58.3 Å². The molecule has 0 spiro atoms. The summed E-state index contributed by atoms with van der Waals surface area (Å²) in [4.78, 5) is 21.2. The minimum atomic E-state index is -0.194. The highest BCUT2D eigenvalue weighted by atomic mass is 32.1. The number of pyridine rings is 1. The third kappa shape index (κ3) is 2.17. The van der Waals surface area contributed by atoms with Crippen molar-refractivity contribution in [2.45, 2.75) is 6.54 Å². The summed E-state index contributed by atoms with van der Waals surface area (Å²) in [6.07, 6.45) is 5.25. The highest BCUT2D eigenvalue weighted by Crippen LogP contribution is 2.29. The zero-order valence-electron chi connectivity index (χ0n) is 10.9. The molecule has 0 aliphatic heterocycles. The van der Waals surface area contributed by atoms with Crippen molar-refractivity contribution in [3.8, 4) is 10.4 Å². The molecule has 0 fully saturated rings. The minimum Gasteiger partial charge on any atom is -0.346 e. The van der Waals surface area contributed by atoms with Crippen LogP contribution in [-0.4, -0.2) is 24.7 Å². The molecule has 0 atom stereocenters. The molecule has 0 amide bonds. The lowest BCUT2D eigenvalue weighted by Gasteiger charge is -1.98. The fourth-order valence-electron chi connectivity index (χ4n) is 2.24. The molecule has 4 heterocycles. The van der Waals surface area contributed by atoms with Gasteiger partial charge in [0.05, 0.1) is 6.54 Å². The Kier molecular flexibility index (Phi) is 2.71. The maximum absolute atomic E-state index is 11.5. The lowest BCUT2D eigenvalue weighted by Crippen LogP contribution is -2.16. The van der Waals surface area contributed by atoms with Crippen molar-refractivity contribution in [2.75, 3.05) is 0 Å². The van der Waals surface area contributed by atoms with Gasteiger partial charge in [-0.25, -0.2) is 14.9 Å². The minimum absolute atomic E-state index is 0.194. The highest BCUT2D eigenvalue weighted by molar-refractivity contribution is 7.15. The third-order valence-electron chi connectivity index (χ3n) is 3.29. The Morgan fingerprint density at radius 2 is 2.24 bits per heavy atom. The van der Waals surface area contributed by atoms with Crippen LogP contribution in [0.3, 0.4) is 0 Å². The standard InChI is InChI=1S/C14H11N5OS/c20-14-18-17-8-19(14)7-11-1-2-12(21-11)10-5-9-3-4-15-13(9)16-6-10/h1-6,8H,7H2,(H,15,16)(H,18,20). The van der Waals surface area contributed by atoms with Crippen molar-refractivity contribution in [2.24, 2.45) is 0 Å². The summed E-state index contributed by atoms with van der Waals surface area (Å²) in [7, 11) is 0. The second-order valence-electron chi connectivity index (χ2n) is 4.69. The lowest BCUT2D eigenvalue weighted by molar-refractivity contribution is 0.772. The van der Waals surface area contributed by atoms with Crippen LogP contribution in [0, 0.1) is 0 Å². The van der Waals surface area contributed by atoms with Gasteiger partial charge in [-0.3, -0.25) is 4.57 Å². The van der Waals surface area contributed by atoms with Crippen molar-refractivity contribution >= 4 is 22.4 Å². The van der Waals surface area contributed by atoms with Gasteiger partial charge in [-0.15, -0.1) is 11.3 Å². The van der Waals surface area contributed by atoms with Crippen LogP contribution >= 0.6 is 11.3 Å². The summed E-state index contributed by atoms with van der Waals surface area (Å²) in [6, 6.07) is 8.20. The summed E-state index contributed by atoms with van der Waals surface area (Å²) in [6.45, 7) is 0.528. The van der Waals surface area contributed by atoms with Crippen molar-refractivity contribution in [3.63, 3.8) is 0 Å². The van der Waals surface area contributed by atoms with E-state index in [2.05, 4.69) is 32.3 Å². The molecule has 0 radical (unpaired) electrons. The summed E-state index contributed by atoms with van der Waals surface area (Å²) in [5.41, 5.74) is 1.78. The molecule has 0 aliphatic carbocycles. The first-order valence-corrected chi connectivity index (χ1v) is 7.23. The summed E-state index contributed by atoms with van der Waals surface area (Å²) in [5.74, 6) is 0. The first-order chi connectivity index (χ1) is 10.3. The Labute approximate surface area is 123 Å². The zero-order valence-corrected chi connectivity index (χ0v) is 11.7. The second-order valence-corrected chi connectivity index (χ2v) is 5.86. The number of H-pyrrole nitrogens is 2. The van der Waals surface area contributed by atoms with E-state index >= 15 is 0 Å². The molecular weight excluding hydrogens is 286 g/mol. The zero-order chi connectivity index (χ0) is 14.2. The van der Waals surface area contributed by atoms with Crippen LogP contribution in [0.1, 0.15) is 4.88 Å². The molecule has 2 N–H and O–H groups in total. The van der Waals surface area contributed by atoms with Crippen LogP contribution < -0.4 is 5.69 Å². The Morgan fingerprint density at radius 1 is 1.29 bits per heavy atom. The maximum atomic E-state index is 11.5. The van der Waals surface area contributed by atoms with E-state index in [-0.39, 0.29) is 5.69 Å². The molecule has 0 bridgehead atoms. The van der Waals surface area contributed by atoms with Gasteiger partial charge >= 0.3 is 5.69 Å². The molecule has 104 valence electrons. The van der Waals surface area contributed by atoms with E-state index in [1.807, 2.05) is 24.5 Å². The van der Waals surface area contributed by atoms with E-state index in [1.165, 1.54) is 6.33 Å². The number of nitrogens with zero attached hydrogens (tertiary/aromatic N) is 3. The largest absolute Gasteiger partial charge is 0.346 e. The summed E-state index contributed by atoms with van der Waals surface area (Å²) in [5, 5.41) is 7.21. The van der Waals surface area contributed by atoms with Crippen LogP contribution in [0.4, 0.5) is 0 Å². The fraction of sp³-hybridized carbons (Fsp3) is 0.0714. The van der Waals surface area contributed by atoms with Crippen LogP contribution in [0.15, 0.2) is 47.8 Å². The van der Waals surface area contributed by atoms with Gasteiger partial charge in [0.2, 0.25) is 0 Å². The third-order valence-corrected chi connectivity index (χ3v) is 4.41. The van der Waals surface area contributed by atoms with Gasteiger partial charge in [-0.2, -0.15) is 5.10 Å². The number of hydrogen-bond acceptors (Lipinski definition) is 4. The topological polar surface area (TPSA) is 79.4 Å². The smallest absolute Gasteiger partial charge is 0.343 e. The average molecular weight is 297 g/mol. The van der Waals surface area contributed by atoms with Gasteiger partial charge in [0, 0.05) is 33.1 Å². The number of aromatic amines is 2. The Bertz CT molecular complexity index is 961. The van der Waals surface area contributed by atoms with Crippen LogP contribution in [-0.2, 0) is 6.54 Å². The summed E-state index contributed by atoms with van der Waals surface area (Å²) >= 11 is 1.65. The van der Waals surface area contributed by atoms with E-state index in [0.29, 0.717) is 6.54 Å². The Morgan fingerprint density at radius 3 is 3.10 bits per heavy atom. The number of fused-ring (bicyclic) bond motifs is 1. The molecule has 0 saturated carbocycles. The quantitative estimate of drug-likeness (QED) is 0.608. The number of hydrogen-bond donors (Lipinski definition) is 2.